The van der Waals surface area contributed by atoms with E-state index in [1.807, 2.05) is 6.92 Å². The van der Waals surface area contributed by atoms with Gasteiger partial charge >= 0.3 is 10.8 Å². The first-order valence-corrected chi connectivity index (χ1v) is 10.2. The number of halogens is 2. The normalized spacial score (nSPS) is 12.1. The van der Waals surface area contributed by atoms with Gasteiger partial charge in [0.05, 0.1) is 39.0 Å². The Kier molecular flexibility index (Phi) is 6.59. The maximum absolute atomic E-state index is 12.3. The van der Waals surface area contributed by atoms with E-state index in [0.29, 0.717) is 33.6 Å². The van der Waals surface area contributed by atoms with Gasteiger partial charge in [0, 0.05) is 18.8 Å². The summed E-state index contributed by atoms with van der Waals surface area (Å²) in [5.41, 5.74) is 1.37. The van der Waals surface area contributed by atoms with Crippen molar-refractivity contribution in [2.45, 2.75) is 32.9 Å². The molecule has 3 rings (SSSR count). The summed E-state index contributed by atoms with van der Waals surface area (Å²) in [6.07, 6.45) is 1.32. The number of fused-ring (bicyclic) bond motifs is 1. The summed E-state index contributed by atoms with van der Waals surface area (Å²) in [6, 6.07) is 6.93. The van der Waals surface area contributed by atoms with E-state index in [4.69, 9.17) is 32.7 Å². The van der Waals surface area contributed by atoms with Crippen molar-refractivity contribution in [3.05, 3.63) is 55.9 Å². The predicted octanol–water partition coefficient (Wildman–Crippen LogP) is 4.86. The summed E-state index contributed by atoms with van der Waals surface area (Å²) in [7, 11) is 0. The third-order valence-corrected chi connectivity index (χ3v) is 5.50. The van der Waals surface area contributed by atoms with E-state index in [-0.39, 0.29) is 29.9 Å². The van der Waals surface area contributed by atoms with E-state index in [1.54, 1.807) is 37.4 Å². The minimum atomic E-state index is -0.352. The molecule has 1 aromatic carbocycles. The van der Waals surface area contributed by atoms with Crippen molar-refractivity contribution >= 4 is 50.7 Å². The first kappa shape index (κ1) is 20.6. The van der Waals surface area contributed by atoms with Gasteiger partial charge in [0.2, 0.25) is 0 Å². The molecular weight excluding hydrogens is 423 g/mol. The molecule has 28 heavy (non-hydrogen) atoms. The van der Waals surface area contributed by atoms with Crippen LogP contribution in [0.5, 0.6) is 5.75 Å². The number of nitrogens with zero attached hydrogens (tertiary/aromatic N) is 2. The Bertz CT molecular complexity index is 1050. The molecule has 0 spiro atoms. The number of ether oxygens (including phenoxy) is 2. The van der Waals surface area contributed by atoms with Crippen LogP contribution in [0.4, 0.5) is 0 Å². The van der Waals surface area contributed by atoms with Gasteiger partial charge in [-0.1, -0.05) is 34.5 Å². The molecule has 6 nitrogen and oxygen atoms in total. The molecule has 0 fully saturated rings. The third-order valence-electron chi connectivity index (χ3n) is 4.04. The van der Waals surface area contributed by atoms with Crippen LogP contribution >= 0.6 is 34.5 Å². The van der Waals surface area contributed by atoms with Crippen LogP contribution < -0.4 is 9.61 Å². The van der Waals surface area contributed by atoms with Gasteiger partial charge in [0.25, 0.3) is 0 Å². The van der Waals surface area contributed by atoms with Crippen molar-refractivity contribution in [3.63, 3.8) is 0 Å². The number of carbonyl (C=O) groups is 1. The number of thiazole rings is 1. The van der Waals surface area contributed by atoms with Crippen LogP contribution in [0.25, 0.3) is 10.2 Å². The lowest BCUT2D eigenvalue weighted by atomic mass is 10.2. The third kappa shape index (κ3) is 4.66. The number of hydrogen-bond acceptors (Lipinski definition) is 6. The van der Waals surface area contributed by atoms with Crippen LogP contribution in [0.3, 0.4) is 0 Å². The SMILES string of the molecule is CCOC(=O)CCn1c(=O)sc2cc(OC(C)c3ccc(Cl)cn3)c(Cl)cc21. The van der Waals surface area contributed by atoms with Crippen molar-refractivity contribution in [3.8, 4) is 5.75 Å². The van der Waals surface area contributed by atoms with Gasteiger partial charge in [-0.25, -0.2) is 0 Å². The minimum absolute atomic E-state index is 0.120. The molecule has 3 aromatic rings. The fourth-order valence-corrected chi connectivity index (χ4v) is 3.92. The Morgan fingerprint density at radius 1 is 1.32 bits per heavy atom. The highest BCUT2D eigenvalue weighted by atomic mass is 35.5. The van der Waals surface area contributed by atoms with Gasteiger partial charge in [0.15, 0.2) is 0 Å². The van der Waals surface area contributed by atoms with Gasteiger partial charge in [-0.05, 0) is 32.0 Å². The number of aryl methyl sites for hydroxylation is 1. The molecule has 1 atom stereocenters. The van der Waals surface area contributed by atoms with Gasteiger partial charge in [-0.3, -0.25) is 19.1 Å². The standard InChI is InChI=1S/C19H18Cl2N2O4S/c1-3-26-18(24)6-7-23-15-8-13(21)16(9-17(15)28-19(23)25)27-11(2)14-5-4-12(20)10-22-14/h4-5,8-11H,3,6-7H2,1-2H3. The van der Waals surface area contributed by atoms with E-state index >= 15 is 0 Å². The highest BCUT2D eigenvalue weighted by Gasteiger charge is 2.16. The molecule has 2 heterocycles. The number of esters is 1. The first-order valence-electron chi connectivity index (χ1n) is 8.65. The maximum Gasteiger partial charge on any atom is 0.308 e. The second-order valence-electron chi connectivity index (χ2n) is 5.99. The smallest absolute Gasteiger partial charge is 0.308 e. The minimum Gasteiger partial charge on any atom is -0.483 e. The molecule has 9 heteroatoms. The molecule has 0 aliphatic carbocycles. The van der Waals surface area contributed by atoms with Gasteiger partial charge in [0.1, 0.15) is 11.9 Å². The lowest BCUT2D eigenvalue weighted by Crippen LogP contribution is -2.16. The number of benzene rings is 1. The highest BCUT2D eigenvalue weighted by molar-refractivity contribution is 7.16. The summed E-state index contributed by atoms with van der Waals surface area (Å²) in [5, 5.41) is 0.917. The van der Waals surface area contributed by atoms with Gasteiger partial charge < -0.3 is 9.47 Å². The summed E-state index contributed by atoms with van der Waals surface area (Å²) >= 11 is 13.3. The van der Waals surface area contributed by atoms with E-state index < -0.39 is 0 Å². The van der Waals surface area contributed by atoms with E-state index in [2.05, 4.69) is 4.98 Å². The zero-order chi connectivity index (χ0) is 20.3. The van der Waals surface area contributed by atoms with Gasteiger partial charge in [-0.2, -0.15) is 0 Å². The molecule has 0 radical (unpaired) electrons. The van der Waals surface area contributed by atoms with E-state index in [1.165, 1.54) is 4.57 Å². The average molecular weight is 441 g/mol. The molecule has 0 saturated carbocycles. The molecule has 1 unspecified atom stereocenters. The first-order chi connectivity index (χ1) is 13.4. The highest BCUT2D eigenvalue weighted by Crippen LogP contribution is 2.34. The van der Waals surface area contributed by atoms with Crippen LogP contribution in [0.1, 0.15) is 32.1 Å². The summed E-state index contributed by atoms with van der Waals surface area (Å²) < 4.78 is 13.1. The summed E-state index contributed by atoms with van der Waals surface area (Å²) in [4.78, 5) is 28.0. The van der Waals surface area contributed by atoms with Crippen LogP contribution in [0.2, 0.25) is 10.0 Å². The zero-order valence-electron chi connectivity index (χ0n) is 15.3. The molecule has 0 bridgehead atoms. The average Bonchev–Trinajstić information content (AvgIpc) is 2.95. The number of rotatable bonds is 7. The lowest BCUT2D eigenvalue weighted by Gasteiger charge is -2.15. The number of carbonyl (C=O) groups excluding carboxylic acids is 1. The molecule has 0 saturated heterocycles. The van der Waals surface area contributed by atoms with Crippen molar-refractivity contribution in [2.24, 2.45) is 0 Å². The van der Waals surface area contributed by atoms with E-state index in [9.17, 15) is 9.59 Å². The zero-order valence-corrected chi connectivity index (χ0v) is 17.6. The fourth-order valence-electron chi connectivity index (χ4n) is 2.68. The van der Waals surface area contributed by atoms with Crippen LogP contribution in [0.15, 0.2) is 35.3 Å². The molecule has 0 aliphatic rings. The van der Waals surface area contributed by atoms with Gasteiger partial charge in [-0.15, -0.1) is 0 Å². The second kappa shape index (κ2) is 8.94. The van der Waals surface area contributed by atoms with Crippen LogP contribution in [-0.4, -0.2) is 22.1 Å². The maximum atomic E-state index is 12.3. The van der Waals surface area contributed by atoms with Crippen molar-refractivity contribution < 1.29 is 14.3 Å². The Labute approximate surface area is 175 Å². The Hall–Kier alpha value is -2.09. The van der Waals surface area contributed by atoms with Crippen molar-refractivity contribution in [1.29, 1.82) is 0 Å². The summed E-state index contributed by atoms with van der Waals surface area (Å²) in [6.45, 7) is 4.14. The molecule has 0 aliphatic heterocycles. The fraction of sp³-hybridized carbons (Fsp3) is 0.316. The number of hydrogen-bond donors (Lipinski definition) is 0. The molecule has 0 N–H and O–H groups in total. The van der Waals surface area contributed by atoms with Crippen molar-refractivity contribution in [1.82, 2.24) is 9.55 Å². The molecule has 2 aromatic heterocycles. The topological polar surface area (TPSA) is 70.4 Å². The Morgan fingerprint density at radius 3 is 2.79 bits per heavy atom. The lowest BCUT2D eigenvalue weighted by molar-refractivity contribution is -0.143. The van der Waals surface area contributed by atoms with E-state index in [0.717, 1.165) is 16.0 Å². The Morgan fingerprint density at radius 2 is 2.11 bits per heavy atom. The molecule has 148 valence electrons. The Balaban J connectivity index is 1.84. The second-order valence-corrected chi connectivity index (χ2v) is 7.82. The number of pyridine rings is 1. The van der Waals surface area contributed by atoms with Crippen LogP contribution in [-0.2, 0) is 16.1 Å². The summed E-state index contributed by atoms with van der Waals surface area (Å²) in [5.74, 6) is 0.112. The van der Waals surface area contributed by atoms with Crippen LogP contribution in [0, 0.1) is 0 Å². The monoisotopic (exact) mass is 440 g/mol. The number of aromatic nitrogens is 2. The molecular formula is C19H18Cl2N2O4S. The molecule has 0 amide bonds. The van der Waals surface area contributed by atoms with Crippen molar-refractivity contribution in [2.75, 3.05) is 6.61 Å². The quantitative estimate of drug-likeness (QED) is 0.490. The predicted molar refractivity (Wildman–Crippen MR) is 111 cm³/mol. The largest absolute Gasteiger partial charge is 0.483 e.